The number of hydrogen-bond acceptors (Lipinski definition) is 3. The summed E-state index contributed by atoms with van der Waals surface area (Å²) < 4.78 is 26.8. The summed E-state index contributed by atoms with van der Waals surface area (Å²) in [4.78, 5) is 14.9. The average Bonchev–Trinajstić information content (AvgIpc) is 3.12. The molecule has 0 unspecified atom stereocenters. The minimum absolute atomic E-state index is 0.0559. The first-order valence-electron chi connectivity index (χ1n) is 8.95. The topological polar surface area (TPSA) is 44.4 Å². The van der Waals surface area contributed by atoms with Crippen LogP contribution in [0.25, 0.3) is 0 Å². The second-order valence-corrected chi connectivity index (χ2v) is 7.47. The Labute approximate surface area is 150 Å². The van der Waals surface area contributed by atoms with Crippen LogP contribution in [0.5, 0.6) is 0 Å². The minimum Gasteiger partial charge on any atom is -0.361 e. The van der Waals surface area contributed by atoms with Gasteiger partial charge in [0.15, 0.2) is 11.6 Å². The first-order chi connectivity index (χ1) is 12.6. The fourth-order valence-electron chi connectivity index (χ4n) is 4.88. The average molecular weight is 355 g/mol. The summed E-state index contributed by atoms with van der Waals surface area (Å²) in [5.41, 5.74) is 1.78. The zero-order valence-electron chi connectivity index (χ0n) is 14.1. The van der Waals surface area contributed by atoms with Gasteiger partial charge >= 0.3 is 0 Å². The van der Waals surface area contributed by atoms with Gasteiger partial charge in [0.2, 0.25) is 0 Å². The molecule has 2 fully saturated rings. The third-order valence-corrected chi connectivity index (χ3v) is 5.98. The largest absolute Gasteiger partial charge is 0.361 e. The van der Waals surface area contributed by atoms with Crippen molar-refractivity contribution in [2.45, 2.75) is 43.6 Å². The van der Waals surface area contributed by atoms with Gasteiger partial charge in [-0.1, -0.05) is 18.2 Å². The van der Waals surface area contributed by atoms with E-state index >= 15 is 0 Å². The third kappa shape index (κ3) is 2.25. The van der Waals surface area contributed by atoms with E-state index in [1.54, 1.807) is 6.07 Å². The van der Waals surface area contributed by atoms with Crippen LogP contribution in [-0.2, 0) is 6.54 Å². The lowest BCUT2D eigenvalue weighted by atomic mass is 9.86. The van der Waals surface area contributed by atoms with Crippen LogP contribution in [0, 0.1) is 11.6 Å². The van der Waals surface area contributed by atoms with Crippen LogP contribution in [-0.4, -0.2) is 28.6 Å². The van der Waals surface area contributed by atoms with Gasteiger partial charge in [0.25, 0.3) is 5.91 Å². The number of nitrogens with zero attached hydrogens (tertiary/aromatic N) is 1. The molecule has 0 aromatic heterocycles. The number of hydrogen-bond donors (Lipinski definition) is 2. The predicted molar refractivity (Wildman–Crippen MR) is 93.6 cm³/mol. The first-order valence-corrected chi connectivity index (χ1v) is 8.95. The lowest BCUT2D eigenvalue weighted by Crippen LogP contribution is -2.64. The summed E-state index contributed by atoms with van der Waals surface area (Å²) >= 11 is 0. The van der Waals surface area contributed by atoms with Crippen molar-refractivity contribution < 1.29 is 13.6 Å². The van der Waals surface area contributed by atoms with E-state index in [-0.39, 0.29) is 11.9 Å². The number of carbonyl (C=O) groups is 1. The Balaban J connectivity index is 1.44. The van der Waals surface area contributed by atoms with E-state index in [0.29, 0.717) is 18.2 Å². The van der Waals surface area contributed by atoms with Gasteiger partial charge in [-0.3, -0.25) is 9.69 Å². The molecule has 1 amide bonds. The number of amides is 1. The smallest absolute Gasteiger partial charge is 0.255 e. The predicted octanol–water partition coefficient (Wildman–Crippen LogP) is 3.25. The molecule has 0 radical (unpaired) electrons. The van der Waals surface area contributed by atoms with Crippen molar-refractivity contribution in [1.82, 2.24) is 10.2 Å². The van der Waals surface area contributed by atoms with Crippen LogP contribution < -0.4 is 10.6 Å². The third-order valence-electron chi connectivity index (χ3n) is 5.98. The zero-order chi connectivity index (χ0) is 17.9. The summed E-state index contributed by atoms with van der Waals surface area (Å²) in [5, 5.41) is 6.75. The molecule has 26 heavy (non-hydrogen) atoms. The Morgan fingerprint density at radius 1 is 1.08 bits per heavy atom. The standard InChI is InChI=1S/C20H19F2N3O/c21-15-7-5-12(9-16(15)22)11-25-13-6-8-18(25)20(10-13)23-17-4-2-1-3-14(17)19(26)24-20/h1-5,7,9,13,18,23H,6,8,10-11H2,(H,24,26)/t13-,18+,20-/m1/s1. The van der Waals surface area contributed by atoms with E-state index in [2.05, 4.69) is 15.5 Å². The van der Waals surface area contributed by atoms with E-state index < -0.39 is 17.3 Å². The molecule has 0 aliphatic carbocycles. The minimum atomic E-state index is -0.826. The molecule has 2 aromatic carbocycles. The Bertz CT molecular complexity index is 902. The van der Waals surface area contributed by atoms with E-state index in [9.17, 15) is 13.6 Å². The monoisotopic (exact) mass is 355 g/mol. The highest BCUT2D eigenvalue weighted by molar-refractivity contribution is 6.02. The Morgan fingerprint density at radius 3 is 2.77 bits per heavy atom. The Kier molecular flexibility index (Phi) is 3.34. The second kappa shape index (κ2) is 5.51. The Morgan fingerprint density at radius 2 is 1.92 bits per heavy atom. The Hall–Kier alpha value is -2.47. The molecule has 6 heteroatoms. The van der Waals surface area contributed by atoms with E-state index in [0.717, 1.165) is 30.5 Å². The van der Waals surface area contributed by atoms with Gasteiger partial charge < -0.3 is 10.6 Å². The van der Waals surface area contributed by atoms with Crippen molar-refractivity contribution in [2.24, 2.45) is 0 Å². The molecule has 3 aliphatic heterocycles. The molecule has 0 saturated carbocycles. The van der Waals surface area contributed by atoms with E-state index in [1.165, 1.54) is 12.1 Å². The number of para-hydroxylation sites is 1. The molecule has 2 bridgehead atoms. The van der Waals surface area contributed by atoms with Crippen LogP contribution in [0.15, 0.2) is 42.5 Å². The lowest BCUT2D eigenvalue weighted by Gasteiger charge is -2.43. The van der Waals surface area contributed by atoms with Crippen molar-refractivity contribution in [3.05, 3.63) is 65.2 Å². The van der Waals surface area contributed by atoms with Gasteiger partial charge in [0.1, 0.15) is 5.66 Å². The van der Waals surface area contributed by atoms with Gasteiger partial charge in [-0.2, -0.15) is 0 Å². The normalized spacial score (nSPS) is 29.5. The maximum atomic E-state index is 13.6. The zero-order valence-corrected chi connectivity index (χ0v) is 14.1. The maximum absolute atomic E-state index is 13.6. The van der Waals surface area contributed by atoms with Crippen LogP contribution in [0.4, 0.5) is 14.5 Å². The highest BCUT2D eigenvalue weighted by Gasteiger charge is 2.58. The quantitative estimate of drug-likeness (QED) is 0.869. The summed E-state index contributed by atoms with van der Waals surface area (Å²) in [6, 6.07) is 12.0. The number of rotatable bonds is 2. The molecule has 5 rings (SSSR count). The van der Waals surface area contributed by atoms with Gasteiger partial charge in [0.05, 0.1) is 11.6 Å². The summed E-state index contributed by atoms with van der Waals surface area (Å²) in [6.07, 6.45) is 2.82. The van der Waals surface area contributed by atoms with Crippen LogP contribution in [0.3, 0.4) is 0 Å². The molecule has 4 nitrogen and oxygen atoms in total. The molecular weight excluding hydrogens is 336 g/mol. The maximum Gasteiger partial charge on any atom is 0.255 e. The number of fused-ring (bicyclic) bond motifs is 4. The molecular formula is C20H19F2N3O. The number of nitrogens with one attached hydrogen (secondary N) is 2. The molecule has 2 saturated heterocycles. The number of carbonyl (C=O) groups excluding carboxylic acids is 1. The van der Waals surface area contributed by atoms with Crippen molar-refractivity contribution in [3.8, 4) is 0 Å². The van der Waals surface area contributed by atoms with Crippen molar-refractivity contribution >= 4 is 11.6 Å². The van der Waals surface area contributed by atoms with Crippen molar-refractivity contribution in [3.63, 3.8) is 0 Å². The van der Waals surface area contributed by atoms with Gasteiger partial charge in [-0.25, -0.2) is 8.78 Å². The number of halogens is 2. The molecule has 3 heterocycles. The molecule has 2 N–H and O–H groups in total. The lowest BCUT2D eigenvalue weighted by molar-refractivity contribution is 0.0870. The highest BCUT2D eigenvalue weighted by atomic mass is 19.2. The summed E-state index contributed by atoms with van der Waals surface area (Å²) in [7, 11) is 0. The second-order valence-electron chi connectivity index (χ2n) is 7.47. The molecule has 2 aromatic rings. The van der Waals surface area contributed by atoms with Crippen molar-refractivity contribution in [1.29, 1.82) is 0 Å². The van der Waals surface area contributed by atoms with Gasteiger partial charge in [0, 0.05) is 24.7 Å². The van der Waals surface area contributed by atoms with Crippen LogP contribution in [0.2, 0.25) is 0 Å². The van der Waals surface area contributed by atoms with Gasteiger partial charge in [-0.05, 0) is 42.7 Å². The molecule has 3 aliphatic rings. The number of benzene rings is 2. The van der Waals surface area contributed by atoms with Crippen molar-refractivity contribution in [2.75, 3.05) is 5.32 Å². The summed E-state index contributed by atoms with van der Waals surface area (Å²) in [6.45, 7) is 0.549. The fourth-order valence-corrected chi connectivity index (χ4v) is 4.88. The highest BCUT2D eigenvalue weighted by Crippen LogP contribution is 2.47. The van der Waals surface area contributed by atoms with E-state index in [4.69, 9.17) is 0 Å². The molecule has 1 spiro atoms. The number of anilines is 1. The SMILES string of the molecule is O=C1N[C@@]2(C[C@H]3CC[C@@H]2N3Cc2ccc(F)c(F)c2)Nc2ccccc21. The fraction of sp³-hybridized carbons (Fsp3) is 0.350. The van der Waals surface area contributed by atoms with Crippen LogP contribution in [0.1, 0.15) is 35.2 Å². The van der Waals surface area contributed by atoms with Crippen LogP contribution >= 0.6 is 0 Å². The summed E-state index contributed by atoms with van der Waals surface area (Å²) in [5.74, 6) is -1.70. The first kappa shape index (κ1) is 15.8. The molecule has 134 valence electrons. The molecule has 3 atom stereocenters. The van der Waals surface area contributed by atoms with E-state index in [1.807, 2.05) is 24.3 Å². The van der Waals surface area contributed by atoms with Gasteiger partial charge in [-0.15, -0.1) is 0 Å².